The molecule has 3 aliphatic rings. The molecule has 3 aliphatic heterocycles. The molecule has 236 valence electrons. The molecule has 0 aliphatic carbocycles. The molecule has 0 amide bonds. The highest BCUT2D eigenvalue weighted by molar-refractivity contribution is 7.23. The van der Waals surface area contributed by atoms with Crippen LogP contribution in [0.15, 0.2) is 18.2 Å². The monoisotopic (exact) mass is 652 g/mol. The van der Waals surface area contributed by atoms with Crippen LogP contribution in [0.5, 0.6) is 6.01 Å². The highest BCUT2D eigenvalue weighted by Crippen LogP contribution is 2.48. The molecule has 45 heavy (non-hydrogen) atoms. The van der Waals surface area contributed by atoms with Gasteiger partial charge in [0.15, 0.2) is 5.82 Å². The molecule has 7 rings (SSSR count). The number of piperazine rings is 1. The second-order valence-electron chi connectivity index (χ2n) is 11.6. The number of halogens is 7. The van der Waals surface area contributed by atoms with E-state index < -0.39 is 64.5 Å². The van der Waals surface area contributed by atoms with Crippen molar-refractivity contribution in [2.45, 2.75) is 37.5 Å². The van der Waals surface area contributed by atoms with E-state index in [0.29, 0.717) is 24.4 Å². The van der Waals surface area contributed by atoms with Gasteiger partial charge in [0.05, 0.1) is 29.0 Å². The number of thiophene rings is 1. The number of hydrogen-bond donors (Lipinski definition) is 2. The van der Waals surface area contributed by atoms with Crippen molar-refractivity contribution in [1.82, 2.24) is 15.3 Å². The van der Waals surface area contributed by atoms with Crippen molar-refractivity contribution in [1.29, 1.82) is 5.26 Å². The fourth-order valence-corrected chi connectivity index (χ4v) is 7.26. The maximum atomic E-state index is 16.8. The van der Waals surface area contributed by atoms with Crippen LogP contribution in [0.25, 0.3) is 32.1 Å². The fourth-order valence-electron chi connectivity index (χ4n) is 6.31. The molecule has 3 N–H and O–H groups in total. The minimum Gasteiger partial charge on any atom is -0.462 e. The lowest BCUT2D eigenvalue weighted by Crippen LogP contribution is -2.52. The summed E-state index contributed by atoms with van der Waals surface area (Å²) in [7, 11) is 0. The van der Waals surface area contributed by atoms with Crippen molar-refractivity contribution >= 4 is 43.1 Å². The molecule has 2 aromatic carbocycles. The second-order valence-corrected chi connectivity index (χ2v) is 12.6. The number of hydrogen-bond acceptors (Lipinski definition) is 9. The van der Waals surface area contributed by atoms with Gasteiger partial charge in [-0.25, -0.2) is 17.6 Å². The number of nitrogens with one attached hydrogen (secondary N) is 1. The number of nitriles is 1. The number of nitrogens with zero attached hydrogens (tertiary/aromatic N) is 4. The summed E-state index contributed by atoms with van der Waals surface area (Å²) in [6, 6.07) is 3.87. The SMILES string of the molecule is N#Cc1c(N)sc2c(F)ccc(-c3c(C(F)(F)F)cc4c(N5CC6CCC(C5)N6)nc(OCC5(C(F)F)COC5)nc4c3F)c12. The minimum atomic E-state index is -5.11. The number of nitrogens with two attached hydrogens (primary N) is 1. The standard InChI is InChI=1S/C29H23F7N6O2S/c30-18-4-3-14(19-16(6-37)24(38)45-23(18)19)20-17(29(34,35)36)5-15-22(21(20)31)40-27(44-11-28(26(32)33)9-43-10-28)41-25(15)42-7-12-1-2-13(8-42)39-12/h3-5,12-13,26,39H,1-2,7-11,38H2. The maximum absolute atomic E-state index is 16.8. The molecule has 4 aromatic rings. The van der Waals surface area contributed by atoms with Crippen LogP contribution in [0.4, 0.5) is 41.6 Å². The van der Waals surface area contributed by atoms with Crippen LogP contribution in [0, 0.1) is 28.4 Å². The normalized spacial score (nSPS) is 21.0. The van der Waals surface area contributed by atoms with E-state index in [9.17, 15) is 31.6 Å². The van der Waals surface area contributed by atoms with E-state index in [-0.39, 0.29) is 57.2 Å². The largest absolute Gasteiger partial charge is 0.462 e. The predicted octanol–water partition coefficient (Wildman–Crippen LogP) is 5.86. The zero-order chi connectivity index (χ0) is 31.8. The van der Waals surface area contributed by atoms with Crippen molar-refractivity contribution in [2.24, 2.45) is 5.41 Å². The first-order chi connectivity index (χ1) is 21.4. The summed E-state index contributed by atoms with van der Waals surface area (Å²) in [6.07, 6.45) is -6.27. The second kappa shape index (κ2) is 10.6. The van der Waals surface area contributed by atoms with Gasteiger partial charge < -0.3 is 25.4 Å². The van der Waals surface area contributed by atoms with Crippen molar-refractivity contribution in [2.75, 3.05) is 43.5 Å². The summed E-state index contributed by atoms with van der Waals surface area (Å²) in [4.78, 5) is 10.1. The van der Waals surface area contributed by atoms with E-state index in [4.69, 9.17) is 15.2 Å². The molecule has 3 fully saturated rings. The average molecular weight is 653 g/mol. The third-order valence-corrected chi connectivity index (χ3v) is 9.67. The summed E-state index contributed by atoms with van der Waals surface area (Å²) < 4.78 is 114. The molecule has 5 heterocycles. The molecule has 0 radical (unpaired) electrons. The van der Waals surface area contributed by atoms with Crippen molar-refractivity contribution in [3.63, 3.8) is 0 Å². The van der Waals surface area contributed by atoms with E-state index in [1.807, 2.05) is 0 Å². The van der Waals surface area contributed by atoms with Crippen LogP contribution in [0.1, 0.15) is 24.0 Å². The van der Waals surface area contributed by atoms with Gasteiger partial charge in [-0.2, -0.15) is 28.4 Å². The summed E-state index contributed by atoms with van der Waals surface area (Å²) in [5.41, 5.74) is 0.634. The van der Waals surface area contributed by atoms with Gasteiger partial charge in [-0.1, -0.05) is 6.07 Å². The number of fused-ring (bicyclic) bond motifs is 4. The Morgan fingerprint density at radius 3 is 2.49 bits per heavy atom. The number of ether oxygens (including phenoxy) is 2. The van der Waals surface area contributed by atoms with E-state index >= 15 is 4.39 Å². The van der Waals surface area contributed by atoms with Crippen LogP contribution in [-0.2, 0) is 10.9 Å². The predicted molar refractivity (Wildman–Crippen MR) is 151 cm³/mol. The van der Waals surface area contributed by atoms with E-state index in [2.05, 4.69) is 15.3 Å². The lowest BCUT2D eigenvalue weighted by molar-refractivity contribution is -0.199. The van der Waals surface area contributed by atoms with Gasteiger partial charge in [0.1, 0.15) is 40.2 Å². The number of nitrogen functional groups attached to an aromatic ring is 1. The molecule has 2 bridgehead atoms. The molecular formula is C29H23F7N6O2S. The van der Waals surface area contributed by atoms with E-state index in [1.165, 1.54) is 0 Å². The Bertz CT molecular complexity index is 1880. The number of rotatable bonds is 6. The highest BCUT2D eigenvalue weighted by Gasteiger charge is 2.48. The van der Waals surface area contributed by atoms with Crippen molar-refractivity contribution in [3.8, 4) is 23.2 Å². The number of anilines is 2. The Morgan fingerprint density at radius 2 is 1.89 bits per heavy atom. The first kappa shape index (κ1) is 29.8. The molecular weight excluding hydrogens is 629 g/mol. The quantitative estimate of drug-likeness (QED) is 0.250. The summed E-state index contributed by atoms with van der Waals surface area (Å²) >= 11 is 0.657. The van der Waals surface area contributed by atoms with Gasteiger partial charge in [0, 0.05) is 41.5 Å². The lowest BCUT2D eigenvalue weighted by Gasteiger charge is -2.39. The summed E-state index contributed by atoms with van der Waals surface area (Å²) in [6.45, 7) is -0.452. The van der Waals surface area contributed by atoms with Gasteiger partial charge >= 0.3 is 12.2 Å². The molecule has 16 heteroatoms. The first-order valence-electron chi connectivity index (χ1n) is 13.9. The maximum Gasteiger partial charge on any atom is 0.417 e. The third-order valence-electron chi connectivity index (χ3n) is 8.64. The topological polar surface area (TPSA) is 109 Å². The lowest BCUT2D eigenvalue weighted by atomic mass is 9.88. The zero-order valence-corrected chi connectivity index (χ0v) is 24.0. The fraction of sp³-hybridized carbons (Fsp3) is 0.414. The summed E-state index contributed by atoms with van der Waals surface area (Å²) in [5.74, 6) is -2.31. The highest BCUT2D eigenvalue weighted by atomic mass is 32.1. The van der Waals surface area contributed by atoms with Crippen molar-refractivity contribution in [3.05, 3.63) is 41.0 Å². The van der Waals surface area contributed by atoms with Gasteiger partial charge in [-0.15, -0.1) is 11.3 Å². The van der Waals surface area contributed by atoms with Crippen LogP contribution in [-0.4, -0.2) is 61.4 Å². The molecule has 2 unspecified atom stereocenters. The Labute approximate surface area is 254 Å². The average Bonchev–Trinajstić information content (AvgIpc) is 3.49. The van der Waals surface area contributed by atoms with Gasteiger partial charge in [0.2, 0.25) is 0 Å². The molecule has 3 saturated heterocycles. The number of alkyl halides is 5. The van der Waals surface area contributed by atoms with E-state index in [0.717, 1.165) is 31.0 Å². The van der Waals surface area contributed by atoms with Crippen molar-refractivity contribution < 1.29 is 40.2 Å². The number of benzene rings is 2. The molecule has 8 nitrogen and oxygen atoms in total. The van der Waals surface area contributed by atoms with Crippen LogP contribution >= 0.6 is 11.3 Å². The molecule has 0 spiro atoms. The smallest absolute Gasteiger partial charge is 0.417 e. The number of aromatic nitrogens is 2. The Hall–Kier alpha value is -3.94. The third kappa shape index (κ3) is 4.79. The van der Waals surface area contributed by atoms with Crippen LogP contribution in [0.2, 0.25) is 0 Å². The first-order valence-corrected chi connectivity index (χ1v) is 14.7. The molecule has 0 saturated carbocycles. The minimum absolute atomic E-state index is 0.0134. The van der Waals surface area contributed by atoms with Gasteiger partial charge in [0.25, 0.3) is 6.43 Å². The van der Waals surface area contributed by atoms with Crippen LogP contribution in [0.3, 0.4) is 0 Å². The molecule has 2 aromatic heterocycles. The van der Waals surface area contributed by atoms with Crippen LogP contribution < -0.4 is 20.7 Å². The Morgan fingerprint density at radius 1 is 1.18 bits per heavy atom. The molecule has 2 atom stereocenters. The van der Waals surface area contributed by atoms with Gasteiger partial charge in [-0.3, -0.25) is 0 Å². The van der Waals surface area contributed by atoms with Gasteiger partial charge in [-0.05, 0) is 30.5 Å². The summed E-state index contributed by atoms with van der Waals surface area (Å²) in [5, 5.41) is 12.4. The van der Waals surface area contributed by atoms with E-state index in [1.54, 1.807) is 11.0 Å². The zero-order valence-electron chi connectivity index (χ0n) is 23.2. The Balaban J connectivity index is 1.48. The Kier molecular flexibility index (Phi) is 6.99.